The summed E-state index contributed by atoms with van der Waals surface area (Å²) in [5, 5.41) is 0. The predicted octanol–water partition coefficient (Wildman–Crippen LogP) is 4.39. The second-order valence-corrected chi connectivity index (χ2v) is 9.10. The summed E-state index contributed by atoms with van der Waals surface area (Å²) in [6.45, 7) is 6.15. The van der Waals surface area contributed by atoms with Crippen molar-refractivity contribution in [2.45, 2.75) is 32.9 Å². The SMILES string of the molecule is CCN(CC)c1nc(C(F)(F)F)c(C(=O)Cc2ccc(N3CCN(C(=O)Cc4ccccc4F)CC3)nc2)o1. The molecule has 1 amide bonds. The monoisotopic (exact) mass is 547 g/mol. The molecule has 1 aliphatic rings. The van der Waals surface area contributed by atoms with E-state index in [0.717, 1.165) is 0 Å². The fourth-order valence-electron chi connectivity index (χ4n) is 4.39. The molecule has 8 nitrogen and oxygen atoms in total. The van der Waals surface area contributed by atoms with Gasteiger partial charge in [0, 0.05) is 51.9 Å². The molecule has 39 heavy (non-hydrogen) atoms. The van der Waals surface area contributed by atoms with Crippen LogP contribution in [0, 0.1) is 5.82 Å². The molecule has 208 valence electrons. The van der Waals surface area contributed by atoms with Crippen LogP contribution >= 0.6 is 0 Å². The lowest BCUT2D eigenvalue weighted by molar-refractivity contribution is -0.141. The van der Waals surface area contributed by atoms with E-state index in [9.17, 15) is 27.2 Å². The molecule has 0 aliphatic carbocycles. The number of halogens is 4. The van der Waals surface area contributed by atoms with Gasteiger partial charge in [0.1, 0.15) is 11.6 Å². The van der Waals surface area contributed by atoms with Crippen LogP contribution in [0.1, 0.15) is 41.2 Å². The minimum Gasteiger partial charge on any atom is -0.420 e. The number of alkyl halides is 3. The Hall–Kier alpha value is -3.96. The molecule has 4 rings (SSSR count). The van der Waals surface area contributed by atoms with E-state index in [-0.39, 0.29) is 24.8 Å². The molecule has 0 bridgehead atoms. The summed E-state index contributed by atoms with van der Waals surface area (Å²) >= 11 is 0. The van der Waals surface area contributed by atoms with Crippen LogP contribution in [-0.4, -0.2) is 65.8 Å². The highest BCUT2D eigenvalue weighted by Crippen LogP contribution is 2.34. The van der Waals surface area contributed by atoms with Crippen molar-refractivity contribution in [2.75, 3.05) is 49.1 Å². The maximum absolute atomic E-state index is 13.9. The van der Waals surface area contributed by atoms with Gasteiger partial charge in [-0.2, -0.15) is 18.2 Å². The number of oxazole rings is 1. The quantitative estimate of drug-likeness (QED) is 0.290. The number of rotatable bonds is 9. The normalized spacial score (nSPS) is 14.0. The summed E-state index contributed by atoms with van der Waals surface area (Å²) in [5.41, 5.74) is -0.550. The van der Waals surface area contributed by atoms with E-state index in [2.05, 4.69) is 9.97 Å². The predicted molar refractivity (Wildman–Crippen MR) is 136 cm³/mol. The van der Waals surface area contributed by atoms with Crippen molar-refractivity contribution in [3.63, 3.8) is 0 Å². The standard InChI is InChI=1S/C27H29F4N5O3/c1-3-34(4-2)26-33-25(27(29,30)31)24(39-26)21(37)15-18-9-10-22(32-17-18)35-11-13-36(14-12-35)23(38)16-19-7-5-6-8-20(19)28/h5-10,17H,3-4,11-16H2,1-2H3. The van der Waals surface area contributed by atoms with Crippen molar-refractivity contribution in [3.05, 3.63) is 71.0 Å². The van der Waals surface area contributed by atoms with Crippen LogP contribution in [0.2, 0.25) is 0 Å². The third-order valence-corrected chi connectivity index (χ3v) is 6.60. The first-order chi connectivity index (χ1) is 18.6. The van der Waals surface area contributed by atoms with Gasteiger partial charge in [-0.05, 0) is 37.1 Å². The molecule has 0 unspecified atom stereocenters. The van der Waals surface area contributed by atoms with Crippen LogP contribution < -0.4 is 9.80 Å². The first-order valence-corrected chi connectivity index (χ1v) is 12.7. The van der Waals surface area contributed by atoms with Gasteiger partial charge in [0.2, 0.25) is 17.5 Å². The minimum atomic E-state index is -4.83. The van der Waals surface area contributed by atoms with Crippen LogP contribution in [0.5, 0.6) is 0 Å². The van der Waals surface area contributed by atoms with Gasteiger partial charge in [-0.1, -0.05) is 24.3 Å². The molecule has 1 fully saturated rings. The maximum Gasteiger partial charge on any atom is 0.437 e. The van der Waals surface area contributed by atoms with Gasteiger partial charge in [-0.25, -0.2) is 9.37 Å². The lowest BCUT2D eigenvalue weighted by Gasteiger charge is -2.35. The lowest BCUT2D eigenvalue weighted by atomic mass is 10.1. The molecule has 0 N–H and O–H groups in total. The molecule has 1 aromatic carbocycles. The first kappa shape index (κ1) is 28.1. The number of amides is 1. The number of piperazine rings is 1. The number of carbonyl (C=O) groups is 2. The Labute approximate surface area is 223 Å². The van der Waals surface area contributed by atoms with Crippen molar-refractivity contribution in [2.24, 2.45) is 0 Å². The average molecular weight is 548 g/mol. The Morgan fingerprint density at radius 2 is 1.69 bits per heavy atom. The molecule has 1 saturated heterocycles. The van der Waals surface area contributed by atoms with Crippen molar-refractivity contribution >= 4 is 23.5 Å². The van der Waals surface area contributed by atoms with Gasteiger partial charge in [0.05, 0.1) is 6.42 Å². The molecule has 0 atom stereocenters. The lowest BCUT2D eigenvalue weighted by Crippen LogP contribution is -2.49. The van der Waals surface area contributed by atoms with Gasteiger partial charge < -0.3 is 19.1 Å². The van der Waals surface area contributed by atoms with Crippen molar-refractivity contribution in [3.8, 4) is 0 Å². The first-order valence-electron chi connectivity index (χ1n) is 12.7. The van der Waals surface area contributed by atoms with Gasteiger partial charge in [-0.15, -0.1) is 0 Å². The number of anilines is 2. The van der Waals surface area contributed by atoms with Gasteiger partial charge in [-0.3, -0.25) is 9.59 Å². The number of ketones is 1. The molecule has 1 aliphatic heterocycles. The second kappa shape index (κ2) is 11.8. The number of nitrogens with zero attached hydrogens (tertiary/aromatic N) is 5. The zero-order chi connectivity index (χ0) is 28.2. The summed E-state index contributed by atoms with van der Waals surface area (Å²) < 4.78 is 59.8. The Bertz CT molecular complexity index is 1300. The largest absolute Gasteiger partial charge is 0.437 e. The van der Waals surface area contributed by atoms with Crippen LogP contribution in [0.4, 0.5) is 29.4 Å². The summed E-state index contributed by atoms with van der Waals surface area (Å²) in [6, 6.07) is 9.26. The fourth-order valence-corrected chi connectivity index (χ4v) is 4.39. The number of aromatic nitrogens is 2. The Kier molecular flexibility index (Phi) is 8.51. The number of hydrogen-bond acceptors (Lipinski definition) is 7. The van der Waals surface area contributed by atoms with Crippen molar-refractivity contribution in [1.29, 1.82) is 0 Å². The van der Waals surface area contributed by atoms with Gasteiger partial charge in [0.15, 0.2) is 5.69 Å². The van der Waals surface area contributed by atoms with E-state index in [4.69, 9.17) is 4.42 Å². The topological polar surface area (TPSA) is 82.8 Å². The highest BCUT2D eigenvalue weighted by Gasteiger charge is 2.41. The summed E-state index contributed by atoms with van der Waals surface area (Å²) in [7, 11) is 0. The molecule has 3 aromatic rings. The van der Waals surface area contributed by atoms with E-state index in [0.29, 0.717) is 56.2 Å². The number of Topliss-reactive ketones (excluding diaryl/α,β-unsaturated/α-hetero) is 1. The fraction of sp³-hybridized carbons (Fsp3) is 0.407. The van der Waals surface area contributed by atoms with E-state index in [1.54, 1.807) is 49.1 Å². The van der Waals surface area contributed by atoms with Crippen LogP contribution in [-0.2, 0) is 23.8 Å². The number of hydrogen-bond donors (Lipinski definition) is 0. The Morgan fingerprint density at radius 3 is 2.28 bits per heavy atom. The highest BCUT2D eigenvalue weighted by atomic mass is 19.4. The maximum atomic E-state index is 13.9. The summed E-state index contributed by atoms with van der Waals surface area (Å²) in [4.78, 5) is 38.4. The van der Waals surface area contributed by atoms with Crippen molar-refractivity contribution in [1.82, 2.24) is 14.9 Å². The Morgan fingerprint density at radius 1 is 1.00 bits per heavy atom. The molecular formula is C27H29F4N5O3. The van der Waals surface area contributed by atoms with Crippen LogP contribution in [0.15, 0.2) is 47.0 Å². The van der Waals surface area contributed by atoms with E-state index < -0.39 is 29.2 Å². The molecule has 12 heteroatoms. The van der Waals surface area contributed by atoms with Crippen LogP contribution in [0.25, 0.3) is 0 Å². The van der Waals surface area contributed by atoms with E-state index in [1.807, 2.05) is 4.90 Å². The zero-order valence-electron chi connectivity index (χ0n) is 21.7. The van der Waals surface area contributed by atoms with E-state index in [1.165, 1.54) is 17.2 Å². The highest BCUT2D eigenvalue weighted by molar-refractivity contribution is 5.96. The molecule has 0 spiro atoms. The smallest absolute Gasteiger partial charge is 0.420 e. The van der Waals surface area contributed by atoms with Gasteiger partial charge in [0.25, 0.3) is 6.01 Å². The molecule has 0 saturated carbocycles. The third kappa shape index (κ3) is 6.55. The molecular weight excluding hydrogens is 518 g/mol. The number of benzene rings is 1. The molecule has 0 radical (unpaired) electrons. The van der Waals surface area contributed by atoms with Gasteiger partial charge >= 0.3 is 6.18 Å². The number of pyridine rings is 1. The summed E-state index contributed by atoms with van der Waals surface area (Å²) in [6.07, 6.45) is -3.73. The summed E-state index contributed by atoms with van der Waals surface area (Å²) in [5.74, 6) is -1.60. The van der Waals surface area contributed by atoms with Crippen molar-refractivity contribution < 1.29 is 31.6 Å². The average Bonchev–Trinajstić information content (AvgIpc) is 3.38. The zero-order valence-corrected chi connectivity index (χ0v) is 21.7. The molecule has 3 heterocycles. The Balaban J connectivity index is 1.37. The third-order valence-electron chi connectivity index (χ3n) is 6.60. The minimum absolute atomic E-state index is 0.00863. The molecule has 2 aromatic heterocycles. The van der Waals surface area contributed by atoms with E-state index >= 15 is 0 Å². The number of carbonyl (C=O) groups excluding carboxylic acids is 2. The van der Waals surface area contributed by atoms with Crippen LogP contribution in [0.3, 0.4) is 0 Å². The second-order valence-electron chi connectivity index (χ2n) is 9.10.